The van der Waals surface area contributed by atoms with Crippen molar-refractivity contribution in [2.45, 2.75) is 0 Å². The Morgan fingerprint density at radius 2 is 0.870 bits per heavy atom. The van der Waals surface area contributed by atoms with Crippen LogP contribution in [0.4, 0.5) is 0 Å². The van der Waals surface area contributed by atoms with Crippen LogP contribution in [0, 0.1) is 12.1 Å². The fourth-order valence-electron chi connectivity index (χ4n) is 2.12. The number of halogens is 2. The van der Waals surface area contributed by atoms with Gasteiger partial charge >= 0.3 is 26.2 Å². The van der Waals surface area contributed by atoms with E-state index in [0.717, 1.165) is 0 Å². The molecule has 0 fully saturated rings. The van der Waals surface area contributed by atoms with E-state index >= 15 is 0 Å². The van der Waals surface area contributed by atoms with Crippen LogP contribution in [-0.4, -0.2) is 0 Å². The van der Waals surface area contributed by atoms with Crippen molar-refractivity contribution in [2.75, 3.05) is 0 Å². The van der Waals surface area contributed by atoms with E-state index in [9.17, 15) is 0 Å². The Kier molecular flexibility index (Phi) is 10.8. The summed E-state index contributed by atoms with van der Waals surface area (Å²) >= 11 is 0. The fraction of sp³-hybridized carbons (Fsp3) is 0. The van der Waals surface area contributed by atoms with Gasteiger partial charge in [0.1, 0.15) is 0 Å². The molecular weight excluding hydrogens is 402 g/mol. The van der Waals surface area contributed by atoms with Gasteiger partial charge in [0, 0.05) is 0 Å². The van der Waals surface area contributed by atoms with Crippen LogP contribution in [0.25, 0.3) is 22.3 Å². The van der Waals surface area contributed by atoms with Crippen molar-refractivity contribution < 1.29 is 26.2 Å². The van der Waals surface area contributed by atoms with Gasteiger partial charge in [0.15, 0.2) is 0 Å². The van der Waals surface area contributed by atoms with E-state index < -0.39 is 0 Å². The van der Waals surface area contributed by atoms with Crippen molar-refractivity contribution in [2.24, 2.45) is 0 Å². The first kappa shape index (κ1) is 21.9. The minimum absolute atomic E-state index is 0. The quantitative estimate of drug-likeness (QED) is 0.306. The van der Waals surface area contributed by atoms with Crippen LogP contribution < -0.4 is 0 Å². The molecule has 0 aromatic rings. The van der Waals surface area contributed by atoms with Crippen molar-refractivity contribution in [3.63, 3.8) is 0 Å². The average Bonchev–Trinajstić information content (AvgIpc) is 2.98. The van der Waals surface area contributed by atoms with Crippen molar-refractivity contribution in [1.82, 2.24) is 0 Å². The SMILES string of the molecule is Cl.Cl.[Zr+2].[c-]1ccc2cccccc1-2.[c-]1ccc2cccccc1-2. The third-order valence-electron chi connectivity index (χ3n) is 3.15. The normalized spacial score (nSPS) is 8.70. The van der Waals surface area contributed by atoms with Gasteiger partial charge in [-0.3, -0.25) is 0 Å². The zero-order chi connectivity index (χ0) is 13.6. The number of rotatable bonds is 0. The Balaban J connectivity index is 0.000000372. The molecule has 4 rings (SSSR count). The predicted octanol–water partition coefficient (Wildman–Crippen LogP) is 6.02. The van der Waals surface area contributed by atoms with E-state index in [2.05, 4.69) is 48.5 Å². The maximum absolute atomic E-state index is 3.14. The summed E-state index contributed by atoms with van der Waals surface area (Å²) in [6.45, 7) is 0. The molecule has 0 bridgehead atoms. The van der Waals surface area contributed by atoms with E-state index in [1.807, 2.05) is 48.5 Å². The molecule has 4 aliphatic rings. The van der Waals surface area contributed by atoms with Gasteiger partial charge in [-0.05, 0) is 0 Å². The molecule has 23 heavy (non-hydrogen) atoms. The van der Waals surface area contributed by atoms with Gasteiger partial charge in [0.05, 0.1) is 0 Å². The molecule has 0 nitrogen and oxygen atoms in total. The maximum atomic E-state index is 3.14. The second kappa shape index (κ2) is 11.4. The second-order valence-corrected chi connectivity index (χ2v) is 4.51. The van der Waals surface area contributed by atoms with Crippen LogP contribution in [0.3, 0.4) is 0 Å². The van der Waals surface area contributed by atoms with Crippen LogP contribution in [0.5, 0.6) is 0 Å². The van der Waals surface area contributed by atoms with Gasteiger partial charge in [-0.15, -0.1) is 84.5 Å². The summed E-state index contributed by atoms with van der Waals surface area (Å²) in [6, 6.07) is 34.8. The standard InChI is InChI=1S/2C10H7.2ClH.Zr/c2*1-2-5-9-7-4-8-10(9)6-3-1;;;/h2*1-7H;2*1H;/q2*-1;;;+2. The van der Waals surface area contributed by atoms with E-state index in [1.165, 1.54) is 22.3 Å². The van der Waals surface area contributed by atoms with E-state index in [0.29, 0.717) is 0 Å². The molecule has 0 unspecified atom stereocenters. The maximum Gasteiger partial charge on any atom is 2.00 e. The first-order valence-corrected chi connectivity index (χ1v) is 6.64. The van der Waals surface area contributed by atoms with E-state index in [1.54, 1.807) is 0 Å². The van der Waals surface area contributed by atoms with Crippen molar-refractivity contribution in [3.8, 4) is 22.3 Å². The largest absolute Gasteiger partial charge is 2.00 e. The molecule has 114 valence electrons. The summed E-state index contributed by atoms with van der Waals surface area (Å²) in [5, 5.41) is 0. The van der Waals surface area contributed by atoms with Crippen LogP contribution in [0.2, 0.25) is 0 Å². The summed E-state index contributed by atoms with van der Waals surface area (Å²) in [6.07, 6.45) is 0. The third-order valence-corrected chi connectivity index (χ3v) is 3.15. The molecule has 0 aliphatic heterocycles. The molecule has 0 radical (unpaired) electrons. The summed E-state index contributed by atoms with van der Waals surface area (Å²) in [5.41, 5.74) is 4.88. The Bertz CT molecular complexity index is 622. The second-order valence-electron chi connectivity index (χ2n) is 4.51. The van der Waals surface area contributed by atoms with Gasteiger partial charge in [-0.25, -0.2) is 0 Å². The summed E-state index contributed by atoms with van der Waals surface area (Å²) in [4.78, 5) is 0. The monoisotopic (exact) mass is 416 g/mol. The molecule has 0 saturated heterocycles. The zero-order valence-corrected chi connectivity index (χ0v) is 16.5. The van der Waals surface area contributed by atoms with Crippen molar-refractivity contribution in [1.29, 1.82) is 0 Å². The first-order chi connectivity index (χ1) is 9.93. The molecule has 4 aliphatic carbocycles. The van der Waals surface area contributed by atoms with Gasteiger partial charge in [-0.2, -0.15) is 35.4 Å². The molecule has 0 saturated carbocycles. The van der Waals surface area contributed by atoms with Crippen molar-refractivity contribution in [3.05, 3.63) is 97.1 Å². The molecule has 3 heteroatoms. The Labute approximate surface area is 169 Å². The fourth-order valence-corrected chi connectivity index (χ4v) is 2.12. The topological polar surface area (TPSA) is 0 Å². The van der Waals surface area contributed by atoms with Crippen LogP contribution in [0.1, 0.15) is 0 Å². The number of hydrogen-bond donors (Lipinski definition) is 0. The summed E-state index contributed by atoms with van der Waals surface area (Å²) < 4.78 is 0. The van der Waals surface area contributed by atoms with Crippen molar-refractivity contribution >= 4 is 24.8 Å². The minimum atomic E-state index is 0. The van der Waals surface area contributed by atoms with E-state index in [-0.39, 0.29) is 51.0 Å². The van der Waals surface area contributed by atoms with Crippen LogP contribution in [-0.2, 0) is 26.2 Å². The van der Waals surface area contributed by atoms with E-state index in [4.69, 9.17) is 0 Å². The Morgan fingerprint density at radius 1 is 0.478 bits per heavy atom. The zero-order valence-electron chi connectivity index (χ0n) is 12.4. The summed E-state index contributed by atoms with van der Waals surface area (Å²) in [5.74, 6) is 0. The molecule has 0 amide bonds. The van der Waals surface area contributed by atoms with Crippen LogP contribution >= 0.6 is 24.8 Å². The smallest absolute Gasteiger partial charge is 0.168 e. The Hall–Kier alpha value is -1.14. The van der Waals surface area contributed by atoms with Gasteiger partial charge in [0.2, 0.25) is 0 Å². The molecule has 0 spiro atoms. The number of fused-ring (bicyclic) bond motifs is 2. The molecule has 0 aromatic carbocycles. The van der Waals surface area contributed by atoms with Gasteiger partial charge in [-0.1, -0.05) is 24.3 Å². The molecule has 0 heterocycles. The molecular formula is C20H16Cl2Zr. The molecule has 0 N–H and O–H groups in total. The van der Waals surface area contributed by atoms with Crippen LogP contribution in [0.15, 0.2) is 84.9 Å². The Morgan fingerprint density at radius 3 is 1.30 bits per heavy atom. The third kappa shape index (κ3) is 6.11. The summed E-state index contributed by atoms with van der Waals surface area (Å²) in [7, 11) is 0. The first-order valence-electron chi connectivity index (χ1n) is 6.64. The minimum Gasteiger partial charge on any atom is -0.168 e. The van der Waals surface area contributed by atoms with Gasteiger partial charge < -0.3 is 0 Å². The molecule has 0 atom stereocenters. The predicted molar refractivity (Wildman–Crippen MR) is 98.3 cm³/mol. The average molecular weight is 418 g/mol. The van der Waals surface area contributed by atoms with Gasteiger partial charge in [0.25, 0.3) is 0 Å². The number of hydrogen-bond acceptors (Lipinski definition) is 0. The molecule has 0 aromatic heterocycles.